The van der Waals surface area contributed by atoms with Crippen LogP contribution in [0.25, 0.3) is 88.8 Å². The first-order chi connectivity index (χ1) is 26.1. The number of para-hydroxylation sites is 3. The van der Waals surface area contributed by atoms with Gasteiger partial charge in [0.1, 0.15) is 0 Å². The van der Waals surface area contributed by atoms with Gasteiger partial charge in [-0.25, -0.2) is 9.97 Å². The summed E-state index contributed by atoms with van der Waals surface area (Å²) in [4.78, 5) is 10.8. The zero-order chi connectivity index (χ0) is 35.3. The van der Waals surface area contributed by atoms with Gasteiger partial charge in [-0.15, -0.1) is 0 Å². The minimum Gasteiger partial charge on any atom is -0.309 e. The molecule has 0 atom stereocenters. The van der Waals surface area contributed by atoms with Gasteiger partial charge in [0, 0.05) is 55.0 Å². The lowest BCUT2D eigenvalue weighted by Crippen LogP contribution is -2.17. The largest absolute Gasteiger partial charge is 0.309 e. The van der Waals surface area contributed by atoms with Gasteiger partial charge in [0.25, 0.3) is 0 Å². The van der Waals surface area contributed by atoms with Crippen molar-refractivity contribution >= 4 is 43.6 Å². The molecule has 3 aromatic heterocycles. The SMILES string of the molecule is CC1(C)c2ccccc2-c2c(-c3ccccc3)nc(-c3cccc(-n4c5ccccc5c5cc6c7ccccc7n(-c7ccccc7)c6cc54)c3)nc21. The molecular weight excluding hydrogens is 645 g/mol. The second kappa shape index (κ2) is 11.1. The molecule has 0 radical (unpaired) electrons. The first-order valence-corrected chi connectivity index (χ1v) is 18.3. The fraction of sp³-hybridized carbons (Fsp3) is 0.0612. The van der Waals surface area contributed by atoms with Crippen LogP contribution < -0.4 is 0 Å². The van der Waals surface area contributed by atoms with Gasteiger partial charge in [-0.05, 0) is 59.7 Å². The molecule has 0 amide bonds. The third kappa shape index (κ3) is 4.30. The molecule has 0 N–H and O–H groups in total. The molecule has 1 aliphatic carbocycles. The minimum atomic E-state index is -0.264. The van der Waals surface area contributed by atoms with Gasteiger partial charge in [0.05, 0.1) is 33.5 Å². The van der Waals surface area contributed by atoms with E-state index in [1.54, 1.807) is 0 Å². The van der Waals surface area contributed by atoms with E-state index < -0.39 is 0 Å². The van der Waals surface area contributed by atoms with E-state index in [0.717, 1.165) is 50.8 Å². The van der Waals surface area contributed by atoms with Gasteiger partial charge in [0.2, 0.25) is 0 Å². The molecule has 0 saturated heterocycles. The highest BCUT2D eigenvalue weighted by Gasteiger charge is 2.39. The Morgan fingerprint density at radius 3 is 1.72 bits per heavy atom. The molecule has 11 rings (SSSR count). The monoisotopic (exact) mass is 678 g/mol. The smallest absolute Gasteiger partial charge is 0.160 e. The lowest BCUT2D eigenvalue weighted by molar-refractivity contribution is 0.636. The van der Waals surface area contributed by atoms with E-state index in [9.17, 15) is 0 Å². The predicted octanol–water partition coefficient (Wildman–Crippen LogP) is 12.3. The summed E-state index contributed by atoms with van der Waals surface area (Å²) < 4.78 is 4.80. The fourth-order valence-electron chi connectivity index (χ4n) is 8.82. The first-order valence-electron chi connectivity index (χ1n) is 18.3. The molecule has 4 nitrogen and oxygen atoms in total. The van der Waals surface area contributed by atoms with Crippen LogP contribution in [0.4, 0.5) is 0 Å². The zero-order valence-corrected chi connectivity index (χ0v) is 29.5. The Balaban J connectivity index is 1.17. The van der Waals surface area contributed by atoms with Crippen molar-refractivity contribution in [2.24, 2.45) is 0 Å². The summed E-state index contributed by atoms with van der Waals surface area (Å²) in [5.41, 5.74) is 14.4. The molecule has 0 bridgehead atoms. The molecule has 0 spiro atoms. The fourth-order valence-corrected chi connectivity index (χ4v) is 8.82. The number of hydrogen-bond acceptors (Lipinski definition) is 2. The van der Waals surface area contributed by atoms with Crippen molar-refractivity contribution in [1.82, 2.24) is 19.1 Å². The number of hydrogen-bond donors (Lipinski definition) is 0. The quantitative estimate of drug-likeness (QED) is 0.186. The molecule has 10 aromatic rings. The Labute approximate surface area is 307 Å². The summed E-state index contributed by atoms with van der Waals surface area (Å²) >= 11 is 0. The van der Waals surface area contributed by atoms with Gasteiger partial charge in [0.15, 0.2) is 5.82 Å². The average Bonchev–Trinajstić information content (AvgIpc) is 3.80. The van der Waals surface area contributed by atoms with Crippen LogP contribution in [0, 0.1) is 0 Å². The highest BCUT2D eigenvalue weighted by atomic mass is 15.0. The molecule has 0 fully saturated rings. The standard InChI is InChI=1S/C49H34N4/c1-49(2)40-25-12-9-24-37(40)45-46(31-16-5-3-6-17-31)50-48(51-47(45)49)32-18-15-21-34(28-32)53-42-27-14-11-23-36(42)39-29-38-35-22-10-13-26-41(35)52(43(38)30-44(39)53)33-19-7-4-8-20-33/h3-30H,1-2H3. The second-order valence-electron chi connectivity index (χ2n) is 14.6. The molecule has 1 aliphatic rings. The van der Waals surface area contributed by atoms with Crippen LogP contribution in [0.5, 0.6) is 0 Å². The summed E-state index contributed by atoms with van der Waals surface area (Å²) in [5, 5.41) is 4.96. The summed E-state index contributed by atoms with van der Waals surface area (Å²) in [6, 6.07) is 61.0. The van der Waals surface area contributed by atoms with Gasteiger partial charge in [-0.2, -0.15) is 0 Å². The molecule has 0 aliphatic heterocycles. The molecular formula is C49H34N4. The Morgan fingerprint density at radius 2 is 1.00 bits per heavy atom. The van der Waals surface area contributed by atoms with E-state index in [2.05, 4.69) is 193 Å². The number of benzene rings is 7. The van der Waals surface area contributed by atoms with Gasteiger partial charge in [-0.3, -0.25) is 0 Å². The third-order valence-corrected chi connectivity index (χ3v) is 11.3. The van der Waals surface area contributed by atoms with E-state index >= 15 is 0 Å². The van der Waals surface area contributed by atoms with Gasteiger partial charge in [-0.1, -0.05) is 135 Å². The van der Waals surface area contributed by atoms with Crippen molar-refractivity contribution in [3.05, 3.63) is 181 Å². The number of rotatable bonds is 4. The van der Waals surface area contributed by atoms with Crippen molar-refractivity contribution in [2.75, 3.05) is 0 Å². The van der Waals surface area contributed by atoms with Crippen LogP contribution in [0.15, 0.2) is 170 Å². The third-order valence-electron chi connectivity index (χ3n) is 11.3. The molecule has 0 unspecified atom stereocenters. The van der Waals surface area contributed by atoms with E-state index in [1.165, 1.54) is 49.2 Å². The molecule has 53 heavy (non-hydrogen) atoms. The van der Waals surface area contributed by atoms with E-state index in [4.69, 9.17) is 9.97 Å². The zero-order valence-electron chi connectivity index (χ0n) is 29.5. The number of fused-ring (bicyclic) bond motifs is 9. The van der Waals surface area contributed by atoms with Crippen LogP contribution in [0.2, 0.25) is 0 Å². The lowest BCUT2D eigenvalue weighted by atomic mass is 9.85. The normalized spacial score (nSPS) is 13.2. The van der Waals surface area contributed by atoms with Crippen LogP contribution in [-0.2, 0) is 5.41 Å². The van der Waals surface area contributed by atoms with Gasteiger partial charge >= 0.3 is 0 Å². The highest BCUT2D eigenvalue weighted by Crippen LogP contribution is 2.51. The highest BCUT2D eigenvalue weighted by molar-refractivity contribution is 6.19. The predicted molar refractivity (Wildman–Crippen MR) is 219 cm³/mol. The lowest BCUT2D eigenvalue weighted by Gasteiger charge is -2.21. The Bertz CT molecular complexity index is 3080. The summed E-state index contributed by atoms with van der Waals surface area (Å²) in [6.45, 7) is 4.57. The minimum absolute atomic E-state index is 0.264. The summed E-state index contributed by atoms with van der Waals surface area (Å²) in [7, 11) is 0. The molecule has 7 aromatic carbocycles. The van der Waals surface area contributed by atoms with Crippen LogP contribution >= 0.6 is 0 Å². The maximum absolute atomic E-state index is 5.41. The molecule has 4 heteroatoms. The first kappa shape index (κ1) is 29.9. The Morgan fingerprint density at radius 1 is 0.434 bits per heavy atom. The topological polar surface area (TPSA) is 35.6 Å². The molecule has 250 valence electrons. The Kier molecular flexibility index (Phi) is 6.27. The van der Waals surface area contributed by atoms with Crippen molar-refractivity contribution < 1.29 is 0 Å². The second-order valence-corrected chi connectivity index (χ2v) is 14.6. The van der Waals surface area contributed by atoms with Crippen LogP contribution in [-0.4, -0.2) is 19.1 Å². The summed E-state index contributed by atoms with van der Waals surface area (Å²) in [6.07, 6.45) is 0. The maximum atomic E-state index is 5.41. The molecule has 0 saturated carbocycles. The van der Waals surface area contributed by atoms with Crippen molar-refractivity contribution in [2.45, 2.75) is 19.3 Å². The van der Waals surface area contributed by atoms with E-state index in [-0.39, 0.29) is 5.41 Å². The van der Waals surface area contributed by atoms with Crippen molar-refractivity contribution in [3.63, 3.8) is 0 Å². The van der Waals surface area contributed by atoms with Crippen LogP contribution in [0.1, 0.15) is 25.1 Å². The van der Waals surface area contributed by atoms with E-state index in [0.29, 0.717) is 0 Å². The van der Waals surface area contributed by atoms with Crippen LogP contribution in [0.3, 0.4) is 0 Å². The number of aromatic nitrogens is 4. The van der Waals surface area contributed by atoms with Crippen molar-refractivity contribution in [3.8, 4) is 45.1 Å². The van der Waals surface area contributed by atoms with Crippen molar-refractivity contribution in [1.29, 1.82) is 0 Å². The van der Waals surface area contributed by atoms with E-state index in [1.807, 2.05) is 0 Å². The summed E-state index contributed by atoms with van der Waals surface area (Å²) in [5.74, 6) is 0.734. The Hall–Kier alpha value is -6.78. The average molecular weight is 679 g/mol. The van der Waals surface area contributed by atoms with Gasteiger partial charge < -0.3 is 9.13 Å². The molecule has 3 heterocycles. The number of nitrogens with zero attached hydrogens (tertiary/aromatic N) is 4. The maximum Gasteiger partial charge on any atom is 0.160 e.